The molecule has 0 aromatic rings. The smallest absolute Gasteiger partial charge is 0.199 e. The van der Waals surface area contributed by atoms with E-state index in [0.717, 1.165) is 6.54 Å². The number of nitrogens with zero attached hydrogens (tertiary/aromatic N) is 3. The van der Waals surface area contributed by atoms with Crippen LogP contribution in [0.15, 0.2) is 12.3 Å². The molecule has 8 heavy (non-hydrogen) atoms. The first-order valence-electron chi connectivity index (χ1n) is 2.41. The van der Waals surface area contributed by atoms with Crippen molar-refractivity contribution in [2.75, 3.05) is 13.6 Å². The molecule has 0 radical (unpaired) electrons. The molecule has 0 N–H and O–H groups in total. The van der Waals surface area contributed by atoms with Gasteiger partial charge in [-0.15, -0.1) is 0 Å². The second-order valence-corrected chi connectivity index (χ2v) is 1.67. The van der Waals surface area contributed by atoms with Crippen LogP contribution in [-0.2, 0) is 0 Å². The second kappa shape index (κ2) is 1.85. The van der Waals surface area contributed by atoms with Gasteiger partial charge in [-0.1, -0.05) is 0 Å². The summed E-state index contributed by atoms with van der Waals surface area (Å²) < 4.78 is 0. The van der Waals surface area contributed by atoms with Crippen molar-refractivity contribution in [3.05, 3.63) is 12.3 Å². The third-order valence-corrected chi connectivity index (χ3v) is 1.09. The van der Waals surface area contributed by atoms with Crippen molar-refractivity contribution in [2.45, 2.75) is 0 Å². The van der Waals surface area contributed by atoms with E-state index in [1.54, 1.807) is 6.20 Å². The minimum absolute atomic E-state index is 0.841. The first-order chi connectivity index (χ1) is 3.84. The molecule has 0 bridgehead atoms. The zero-order valence-corrected chi connectivity index (χ0v) is 4.70. The van der Waals surface area contributed by atoms with E-state index in [2.05, 4.69) is 0 Å². The third kappa shape index (κ3) is 0.658. The second-order valence-electron chi connectivity index (χ2n) is 1.67. The molecule has 0 aromatic heterocycles. The highest BCUT2D eigenvalue weighted by molar-refractivity contribution is 4.95. The van der Waals surface area contributed by atoms with Crippen molar-refractivity contribution < 1.29 is 0 Å². The van der Waals surface area contributed by atoms with Gasteiger partial charge in [0.25, 0.3) is 0 Å². The van der Waals surface area contributed by atoms with E-state index in [4.69, 9.17) is 5.26 Å². The summed E-state index contributed by atoms with van der Waals surface area (Å²) >= 11 is 0. The van der Waals surface area contributed by atoms with Crippen LogP contribution >= 0.6 is 0 Å². The average molecular weight is 109 g/mol. The van der Waals surface area contributed by atoms with E-state index in [1.807, 2.05) is 24.3 Å². The molecular weight excluding hydrogens is 102 g/mol. The Morgan fingerprint density at radius 1 is 1.75 bits per heavy atom. The number of hydrogen-bond acceptors (Lipinski definition) is 3. The fourth-order valence-corrected chi connectivity index (χ4v) is 0.611. The Balaban J connectivity index is 2.57. The predicted octanol–water partition coefficient (Wildman–Crippen LogP) is 0.144. The topological polar surface area (TPSA) is 30.3 Å². The van der Waals surface area contributed by atoms with Gasteiger partial charge >= 0.3 is 0 Å². The summed E-state index contributed by atoms with van der Waals surface area (Å²) in [7, 11) is 1.86. The van der Waals surface area contributed by atoms with Crippen molar-refractivity contribution in [1.82, 2.24) is 10.0 Å². The van der Waals surface area contributed by atoms with Crippen LogP contribution in [0.4, 0.5) is 0 Å². The maximum Gasteiger partial charge on any atom is 0.199 e. The minimum Gasteiger partial charge on any atom is -0.217 e. The highest BCUT2D eigenvalue weighted by atomic mass is 15.6. The fourth-order valence-electron chi connectivity index (χ4n) is 0.611. The van der Waals surface area contributed by atoms with Gasteiger partial charge in [0.2, 0.25) is 0 Å². The van der Waals surface area contributed by atoms with E-state index < -0.39 is 0 Å². The molecule has 1 rings (SSSR count). The Morgan fingerprint density at radius 3 is 2.75 bits per heavy atom. The highest BCUT2D eigenvalue weighted by Crippen LogP contribution is 2.00. The number of hydrogen-bond donors (Lipinski definition) is 0. The van der Waals surface area contributed by atoms with Gasteiger partial charge in [0.05, 0.1) is 0 Å². The van der Waals surface area contributed by atoms with Crippen LogP contribution < -0.4 is 0 Å². The number of rotatable bonds is 0. The molecule has 42 valence electrons. The van der Waals surface area contributed by atoms with Crippen LogP contribution in [0, 0.1) is 11.5 Å². The molecule has 0 spiro atoms. The van der Waals surface area contributed by atoms with Crippen molar-refractivity contribution in [2.24, 2.45) is 0 Å². The molecule has 1 aliphatic heterocycles. The SMILES string of the molecule is CN1CC=CN1C#N. The quantitative estimate of drug-likeness (QED) is 0.414. The predicted molar refractivity (Wildman–Crippen MR) is 29.2 cm³/mol. The summed E-state index contributed by atoms with van der Waals surface area (Å²) in [6, 6.07) is 0. The summed E-state index contributed by atoms with van der Waals surface area (Å²) in [5.74, 6) is 0. The molecule has 0 unspecified atom stereocenters. The van der Waals surface area contributed by atoms with E-state index in [1.165, 1.54) is 5.01 Å². The average Bonchev–Trinajstić information content (AvgIpc) is 2.14. The van der Waals surface area contributed by atoms with Gasteiger partial charge in [-0.2, -0.15) is 5.26 Å². The molecule has 0 fully saturated rings. The van der Waals surface area contributed by atoms with E-state index in [0.29, 0.717) is 0 Å². The zero-order valence-electron chi connectivity index (χ0n) is 4.70. The summed E-state index contributed by atoms with van der Waals surface area (Å²) in [6.07, 6.45) is 5.67. The molecule has 1 heterocycles. The molecule has 3 nitrogen and oxygen atoms in total. The first-order valence-corrected chi connectivity index (χ1v) is 2.41. The van der Waals surface area contributed by atoms with Gasteiger partial charge in [0, 0.05) is 19.8 Å². The van der Waals surface area contributed by atoms with Gasteiger partial charge < -0.3 is 0 Å². The molecule has 0 aromatic carbocycles. The Kier molecular flexibility index (Phi) is 1.18. The van der Waals surface area contributed by atoms with E-state index >= 15 is 0 Å². The lowest BCUT2D eigenvalue weighted by Gasteiger charge is -2.14. The summed E-state index contributed by atoms with van der Waals surface area (Å²) in [4.78, 5) is 0. The van der Waals surface area contributed by atoms with Gasteiger partial charge in [-0.25, -0.2) is 10.0 Å². The third-order valence-electron chi connectivity index (χ3n) is 1.09. The maximum absolute atomic E-state index is 8.32. The molecule has 0 atom stereocenters. The number of hydrazine groups is 1. The Morgan fingerprint density at radius 2 is 2.50 bits per heavy atom. The summed E-state index contributed by atoms with van der Waals surface area (Å²) in [6.45, 7) is 0.841. The molecule has 1 aliphatic rings. The molecule has 0 saturated carbocycles. The van der Waals surface area contributed by atoms with Crippen LogP contribution in [0.2, 0.25) is 0 Å². The van der Waals surface area contributed by atoms with Crippen LogP contribution in [0.5, 0.6) is 0 Å². The Labute approximate surface area is 48.4 Å². The van der Waals surface area contributed by atoms with Gasteiger partial charge in [0.15, 0.2) is 6.19 Å². The van der Waals surface area contributed by atoms with Crippen LogP contribution in [0.1, 0.15) is 0 Å². The van der Waals surface area contributed by atoms with Crippen LogP contribution in [0.3, 0.4) is 0 Å². The number of nitriles is 1. The Hall–Kier alpha value is -1.01. The zero-order chi connectivity index (χ0) is 5.98. The highest BCUT2D eigenvalue weighted by Gasteiger charge is 2.07. The van der Waals surface area contributed by atoms with Crippen molar-refractivity contribution >= 4 is 0 Å². The van der Waals surface area contributed by atoms with Gasteiger partial charge in [-0.3, -0.25) is 0 Å². The largest absolute Gasteiger partial charge is 0.217 e. The van der Waals surface area contributed by atoms with Crippen molar-refractivity contribution in [3.63, 3.8) is 0 Å². The molecule has 0 amide bonds. The minimum atomic E-state index is 0.841. The van der Waals surface area contributed by atoms with Crippen molar-refractivity contribution in [1.29, 1.82) is 5.26 Å². The lowest BCUT2D eigenvalue weighted by molar-refractivity contribution is 0.153. The molecule has 3 heteroatoms. The molecular formula is C5H7N3. The summed E-state index contributed by atoms with van der Waals surface area (Å²) in [5.41, 5.74) is 0. The van der Waals surface area contributed by atoms with E-state index in [-0.39, 0.29) is 0 Å². The fraction of sp³-hybridized carbons (Fsp3) is 0.400. The first kappa shape index (κ1) is 5.13. The lowest BCUT2D eigenvalue weighted by atomic mass is 10.6. The number of likely N-dealkylation sites (N-methyl/N-ethyl adjacent to an activating group) is 1. The Bertz CT molecular complexity index is 144. The van der Waals surface area contributed by atoms with Gasteiger partial charge in [0.1, 0.15) is 0 Å². The van der Waals surface area contributed by atoms with Gasteiger partial charge in [-0.05, 0) is 6.08 Å². The van der Waals surface area contributed by atoms with Crippen molar-refractivity contribution in [3.8, 4) is 6.19 Å². The van der Waals surface area contributed by atoms with Crippen LogP contribution in [-0.4, -0.2) is 23.6 Å². The van der Waals surface area contributed by atoms with Crippen LogP contribution in [0.25, 0.3) is 0 Å². The molecule has 0 saturated heterocycles. The maximum atomic E-state index is 8.32. The summed E-state index contributed by atoms with van der Waals surface area (Å²) in [5, 5.41) is 11.6. The lowest BCUT2D eigenvalue weighted by Crippen LogP contribution is -2.26. The normalized spacial score (nSPS) is 19.2. The standard InChI is InChI=1S/C5H7N3/c1-7-3-2-4-8(7)5-6/h2,4H,3H2,1H3. The van der Waals surface area contributed by atoms with E-state index in [9.17, 15) is 0 Å². The monoisotopic (exact) mass is 109 g/mol. The molecule has 0 aliphatic carbocycles.